The van der Waals surface area contributed by atoms with Crippen LogP contribution in [0.25, 0.3) is 10.8 Å². The SMILES string of the molecule is O=C(Cc1ccc2cnccc2c1Cl)C(C1CCCC1)C1CCCN1. The number of carbonyl (C=O) groups excluding carboxylic acids is 1. The molecule has 25 heavy (non-hydrogen) atoms. The lowest BCUT2D eigenvalue weighted by Gasteiger charge is -2.28. The molecule has 0 bridgehead atoms. The zero-order chi connectivity index (χ0) is 17.2. The molecule has 1 aliphatic heterocycles. The van der Waals surface area contributed by atoms with Crippen molar-refractivity contribution in [2.75, 3.05) is 6.54 Å². The second kappa shape index (κ2) is 7.43. The number of ketones is 1. The van der Waals surface area contributed by atoms with Gasteiger partial charge in [-0.1, -0.05) is 36.6 Å². The molecule has 3 nitrogen and oxygen atoms in total. The van der Waals surface area contributed by atoms with Crippen molar-refractivity contribution in [3.8, 4) is 0 Å². The van der Waals surface area contributed by atoms with Crippen LogP contribution >= 0.6 is 11.6 Å². The van der Waals surface area contributed by atoms with Crippen LogP contribution in [0.4, 0.5) is 0 Å². The van der Waals surface area contributed by atoms with Gasteiger partial charge in [-0.25, -0.2) is 0 Å². The van der Waals surface area contributed by atoms with Crippen molar-refractivity contribution in [1.82, 2.24) is 10.3 Å². The van der Waals surface area contributed by atoms with E-state index < -0.39 is 0 Å². The average molecular weight is 357 g/mol. The van der Waals surface area contributed by atoms with E-state index in [1.165, 1.54) is 32.1 Å². The molecule has 1 N–H and O–H groups in total. The van der Waals surface area contributed by atoms with Crippen molar-refractivity contribution in [3.05, 3.63) is 41.2 Å². The predicted octanol–water partition coefficient (Wildman–Crippen LogP) is 4.56. The summed E-state index contributed by atoms with van der Waals surface area (Å²) in [5.41, 5.74) is 0.950. The topological polar surface area (TPSA) is 42.0 Å². The number of halogens is 1. The molecule has 0 spiro atoms. The predicted molar refractivity (Wildman–Crippen MR) is 102 cm³/mol. The molecule has 1 saturated carbocycles. The Kier molecular flexibility index (Phi) is 5.05. The Bertz CT molecular complexity index is 748. The van der Waals surface area contributed by atoms with Crippen LogP contribution in [-0.2, 0) is 11.2 Å². The van der Waals surface area contributed by atoms with E-state index in [1.807, 2.05) is 24.4 Å². The molecule has 1 aliphatic carbocycles. The fourth-order valence-electron chi connectivity index (χ4n) is 4.77. The molecular formula is C21H25ClN2O. The zero-order valence-electron chi connectivity index (χ0n) is 14.5. The molecule has 2 fully saturated rings. The summed E-state index contributed by atoms with van der Waals surface area (Å²) in [6, 6.07) is 6.31. The van der Waals surface area contributed by atoms with E-state index in [-0.39, 0.29) is 5.92 Å². The normalized spacial score (nSPS) is 22.5. The van der Waals surface area contributed by atoms with Crippen molar-refractivity contribution < 1.29 is 4.79 Å². The van der Waals surface area contributed by atoms with Crippen LogP contribution in [0.1, 0.15) is 44.1 Å². The van der Waals surface area contributed by atoms with E-state index in [0.717, 1.165) is 29.3 Å². The second-order valence-corrected chi connectivity index (χ2v) is 7.93. The average Bonchev–Trinajstić information content (AvgIpc) is 3.33. The summed E-state index contributed by atoms with van der Waals surface area (Å²) in [5, 5.41) is 6.30. The molecular weight excluding hydrogens is 332 g/mol. The number of fused-ring (bicyclic) bond motifs is 1. The van der Waals surface area contributed by atoms with Gasteiger partial charge in [0.15, 0.2) is 0 Å². The number of hydrogen-bond acceptors (Lipinski definition) is 3. The molecule has 132 valence electrons. The minimum absolute atomic E-state index is 0.147. The number of pyridine rings is 1. The number of nitrogens with zero attached hydrogens (tertiary/aromatic N) is 1. The van der Waals surface area contributed by atoms with Gasteiger partial charge in [0.1, 0.15) is 5.78 Å². The third-order valence-corrected chi connectivity index (χ3v) is 6.46. The van der Waals surface area contributed by atoms with Gasteiger partial charge in [-0.2, -0.15) is 0 Å². The lowest BCUT2D eigenvalue weighted by atomic mass is 9.79. The first-order valence-electron chi connectivity index (χ1n) is 9.51. The number of aromatic nitrogens is 1. The molecule has 2 atom stereocenters. The summed E-state index contributed by atoms with van der Waals surface area (Å²) in [5.74, 6) is 1.06. The summed E-state index contributed by atoms with van der Waals surface area (Å²) in [7, 11) is 0. The third kappa shape index (κ3) is 3.45. The standard InChI is InChI=1S/C21H25ClN2O/c22-21-15(7-8-16-13-23-11-9-17(16)21)12-19(25)20(14-4-1-2-5-14)18-6-3-10-24-18/h7-9,11,13-14,18,20,24H,1-6,10,12H2. The minimum Gasteiger partial charge on any atom is -0.313 e. The monoisotopic (exact) mass is 356 g/mol. The molecule has 1 aromatic heterocycles. The van der Waals surface area contributed by atoms with Gasteiger partial charge in [0.05, 0.1) is 5.02 Å². The van der Waals surface area contributed by atoms with Gasteiger partial charge in [0, 0.05) is 41.5 Å². The zero-order valence-corrected chi connectivity index (χ0v) is 15.3. The second-order valence-electron chi connectivity index (χ2n) is 7.55. The maximum absolute atomic E-state index is 13.3. The number of rotatable bonds is 5. The molecule has 1 aromatic carbocycles. The van der Waals surface area contributed by atoms with E-state index in [4.69, 9.17) is 11.6 Å². The summed E-state index contributed by atoms with van der Waals surface area (Å²) >= 11 is 6.61. The Morgan fingerprint density at radius 2 is 2.04 bits per heavy atom. The highest BCUT2D eigenvalue weighted by Gasteiger charge is 2.37. The van der Waals surface area contributed by atoms with E-state index in [2.05, 4.69) is 10.3 Å². The first-order valence-corrected chi connectivity index (χ1v) is 9.89. The molecule has 0 amide bonds. The number of nitrogens with one attached hydrogen (secondary N) is 1. The lowest BCUT2D eigenvalue weighted by Crippen LogP contribution is -2.40. The molecule has 4 rings (SSSR count). The maximum atomic E-state index is 13.3. The maximum Gasteiger partial charge on any atom is 0.142 e. The number of benzene rings is 1. The van der Waals surface area contributed by atoms with Crippen LogP contribution < -0.4 is 5.32 Å². The van der Waals surface area contributed by atoms with Crippen LogP contribution in [0.3, 0.4) is 0 Å². The Morgan fingerprint density at radius 3 is 2.80 bits per heavy atom. The van der Waals surface area contributed by atoms with Crippen molar-refractivity contribution in [2.24, 2.45) is 11.8 Å². The van der Waals surface area contributed by atoms with Crippen molar-refractivity contribution >= 4 is 28.2 Å². The Labute approximate surface area is 154 Å². The summed E-state index contributed by atoms with van der Waals surface area (Å²) in [4.78, 5) is 17.4. The van der Waals surface area contributed by atoms with Crippen LogP contribution in [0.5, 0.6) is 0 Å². The first kappa shape index (κ1) is 17.0. The number of hydrogen-bond donors (Lipinski definition) is 1. The van der Waals surface area contributed by atoms with Crippen molar-refractivity contribution in [3.63, 3.8) is 0 Å². The van der Waals surface area contributed by atoms with Gasteiger partial charge in [0.25, 0.3) is 0 Å². The van der Waals surface area contributed by atoms with Gasteiger partial charge in [-0.05, 0) is 49.8 Å². The lowest BCUT2D eigenvalue weighted by molar-refractivity contribution is -0.124. The van der Waals surface area contributed by atoms with E-state index in [0.29, 0.717) is 29.2 Å². The van der Waals surface area contributed by atoms with Gasteiger partial charge in [0.2, 0.25) is 0 Å². The smallest absolute Gasteiger partial charge is 0.142 e. The molecule has 2 unspecified atom stereocenters. The Morgan fingerprint density at radius 1 is 1.20 bits per heavy atom. The third-order valence-electron chi connectivity index (χ3n) is 6.01. The minimum atomic E-state index is 0.147. The molecule has 2 aromatic rings. The highest BCUT2D eigenvalue weighted by Crippen LogP contribution is 2.37. The van der Waals surface area contributed by atoms with E-state index in [1.54, 1.807) is 6.20 Å². The molecule has 2 aliphatic rings. The van der Waals surface area contributed by atoms with E-state index >= 15 is 0 Å². The highest BCUT2D eigenvalue weighted by molar-refractivity contribution is 6.36. The van der Waals surface area contributed by atoms with Crippen LogP contribution in [0.2, 0.25) is 5.02 Å². The van der Waals surface area contributed by atoms with Crippen LogP contribution in [0.15, 0.2) is 30.6 Å². The molecule has 1 saturated heterocycles. The van der Waals surface area contributed by atoms with Crippen LogP contribution in [-0.4, -0.2) is 23.4 Å². The van der Waals surface area contributed by atoms with E-state index in [9.17, 15) is 4.79 Å². The highest BCUT2D eigenvalue weighted by atomic mass is 35.5. The summed E-state index contributed by atoms with van der Waals surface area (Å²) < 4.78 is 0. The van der Waals surface area contributed by atoms with Gasteiger partial charge in [-0.3, -0.25) is 9.78 Å². The fraction of sp³-hybridized carbons (Fsp3) is 0.524. The fourth-order valence-corrected chi connectivity index (χ4v) is 5.07. The molecule has 0 radical (unpaired) electrons. The van der Waals surface area contributed by atoms with Gasteiger partial charge < -0.3 is 5.32 Å². The van der Waals surface area contributed by atoms with Gasteiger partial charge >= 0.3 is 0 Å². The number of Topliss-reactive ketones (excluding diaryl/α,β-unsaturated/α-hetero) is 1. The Hall–Kier alpha value is -1.45. The first-order chi connectivity index (χ1) is 12.2. The summed E-state index contributed by atoms with van der Waals surface area (Å²) in [6.07, 6.45) is 11.3. The van der Waals surface area contributed by atoms with Crippen molar-refractivity contribution in [1.29, 1.82) is 0 Å². The quantitative estimate of drug-likeness (QED) is 0.854. The largest absolute Gasteiger partial charge is 0.313 e. The Balaban J connectivity index is 1.59. The van der Waals surface area contributed by atoms with Crippen molar-refractivity contribution in [2.45, 2.75) is 51.0 Å². The summed E-state index contributed by atoms with van der Waals surface area (Å²) in [6.45, 7) is 1.05. The molecule has 2 heterocycles. The van der Waals surface area contributed by atoms with Gasteiger partial charge in [-0.15, -0.1) is 0 Å². The number of carbonyl (C=O) groups is 1. The molecule has 4 heteroatoms. The van der Waals surface area contributed by atoms with Crippen LogP contribution in [0, 0.1) is 11.8 Å².